The molecule has 0 unspecified atom stereocenters. The summed E-state index contributed by atoms with van der Waals surface area (Å²) in [6.45, 7) is 3.31. The fraction of sp³-hybridized carbons (Fsp3) is 0. The Labute approximate surface area is 35.9 Å². The molecule has 1 heteroatoms. The van der Waals surface area contributed by atoms with Gasteiger partial charge in [-0.3, -0.25) is 0 Å². The maximum Gasteiger partial charge on any atom is -0.0533 e. The van der Waals surface area contributed by atoms with Crippen LogP contribution in [0, 0.1) is 7.43 Å². The van der Waals surface area contributed by atoms with Crippen LogP contribution >= 0.6 is 0 Å². The molecule has 0 heterocycles. The van der Waals surface area contributed by atoms with Crippen molar-refractivity contribution >= 4 is 0 Å². The van der Waals surface area contributed by atoms with Crippen molar-refractivity contribution in [2.24, 2.45) is 0 Å². The predicted octanol–water partition coefficient (Wildman–Crippen LogP) is 1.00. The van der Waals surface area contributed by atoms with Crippen molar-refractivity contribution in [3.8, 4) is 0 Å². The molecule has 0 atom stereocenters. The molecular weight excluding hydrogens is 88.0 g/mol. The summed E-state index contributed by atoms with van der Waals surface area (Å²) in [6, 6.07) is 0. The molecule has 0 aromatic rings. The third kappa shape index (κ3) is 49.6. The average Bonchev–Trinajstić information content (AvgIpc) is 0.918. The monoisotopic (exact) mass is 93.0 g/mol. The molecule has 0 saturated carbocycles. The van der Waals surface area contributed by atoms with Crippen LogP contribution in [0.15, 0.2) is 11.5 Å². The second-order valence-electron chi connectivity index (χ2n) is 0.167. The van der Waals surface area contributed by atoms with Gasteiger partial charge in [0.2, 0.25) is 0 Å². The fourth-order valence-corrected chi connectivity index (χ4v) is 0. The first-order valence-corrected chi connectivity index (χ1v) is 1.38. The van der Waals surface area contributed by atoms with E-state index in [0.29, 0.717) is 0 Å². The standard InChI is InChI=1S/C2H3.CH2.Cr/c1-2;;/h1H,2H2;1H2;. The Hall–Kier alpha value is 0.272. The fourth-order valence-electron chi connectivity index (χ4n) is 0. The normalized spacial score (nSPS) is 3.00. The molecule has 0 N–H and O–H groups in total. The van der Waals surface area contributed by atoms with Gasteiger partial charge in [0.1, 0.15) is 0 Å². The molecule has 0 amide bonds. The molecule has 0 rings (SSSR count). The van der Waals surface area contributed by atoms with Gasteiger partial charge < -0.3 is 0 Å². The van der Waals surface area contributed by atoms with E-state index in [1.807, 2.05) is 0 Å². The van der Waals surface area contributed by atoms with Gasteiger partial charge in [0, 0.05) is 0 Å². The third-order valence-corrected chi connectivity index (χ3v) is 0. The minimum Gasteiger partial charge on any atom is -0.0533 e. The van der Waals surface area contributed by atoms with Gasteiger partial charge in [-0.15, -0.1) is 0 Å². The van der Waals surface area contributed by atoms with E-state index >= 15 is 0 Å². The van der Waals surface area contributed by atoms with Crippen LogP contribution in [0.2, 0.25) is 0 Å². The summed E-state index contributed by atoms with van der Waals surface area (Å²) in [7, 11) is 0. The molecule has 0 spiro atoms. The summed E-state index contributed by atoms with van der Waals surface area (Å²) < 4.78 is 0. The Morgan fingerprint density at radius 1 is 1.75 bits per heavy atom. The Morgan fingerprint density at radius 2 is 1.75 bits per heavy atom. The smallest absolute Gasteiger partial charge is 0.0533 e. The molecule has 0 aliphatic carbocycles. The molecule has 0 aromatic heterocycles. The van der Waals surface area contributed by atoms with Crippen LogP contribution in [0.4, 0.5) is 0 Å². The van der Waals surface area contributed by atoms with Crippen molar-refractivity contribution in [1.29, 1.82) is 0 Å². The minimum atomic E-state index is 0. The summed E-state index contributed by atoms with van der Waals surface area (Å²) in [5, 5.41) is 0. The zero-order valence-electron chi connectivity index (χ0n) is 2.40. The van der Waals surface area contributed by atoms with E-state index in [1.165, 1.54) is 0 Å². The first-order valence-electron chi connectivity index (χ1n) is 0.644. The predicted molar refractivity (Wildman–Crippen MR) is 15.6 cm³/mol. The van der Waals surface area contributed by atoms with Gasteiger partial charge in [-0.2, -0.15) is 0 Å². The van der Waals surface area contributed by atoms with Crippen molar-refractivity contribution < 1.29 is 16.3 Å². The molecule has 0 aliphatic heterocycles. The van der Waals surface area contributed by atoms with Gasteiger partial charge in [-0.25, -0.2) is 0 Å². The number of hydrogen-bond donors (Lipinski definition) is 0. The molecule has 2 radical (unpaired) electrons. The first kappa shape index (κ1) is 8.86. The van der Waals surface area contributed by atoms with Gasteiger partial charge >= 0.3 is 27.8 Å². The Morgan fingerprint density at radius 3 is 1.75 bits per heavy atom. The number of hydrogen-bond acceptors (Lipinski definition) is 0. The Balaban J connectivity index is 0. The summed E-state index contributed by atoms with van der Waals surface area (Å²) in [4.78, 5) is 1.62. The van der Waals surface area contributed by atoms with Crippen LogP contribution in [-0.4, -0.2) is 0 Å². The Bertz CT molecular complexity index is 10.8. The Kier molecular flexibility index (Phi) is 23.1. The van der Waals surface area contributed by atoms with Crippen LogP contribution < -0.4 is 0 Å². The van der Waals surface area contributed by atoms with Crippen LogP contribution in [0.3, 0.4) is 0 Å². The third-order valence-electron chi connectivity index (χ3n) is 0. The van der Waals surface area contributed by atoms with Crippen LogP contribution in [0.5, 0.6) is 0 Å². The largest absolute Gasteiger partial charge is 0.0533 e. The van der Waals surface area contributed by atoms with E-state index in [2.05, 4.69) is 22.9 Å². The van der Waals surface area contributed by atoms with Gasteiger partial charge in [-0.1, -0.05) is 7.43 Å². The van der Waals surface area contributed by atoms with E-state index in [-0.39, 0.29) is 7.43 Å². The van der Waals surface area contributed by atoms with E-state index < -0.39 is 0 Å². The van der Waals surface area contributed by atoms with Crippen LogP contribution in [-0.2, 0) is 16.3 Å². The van der Waals surface area contributed by atoms with E-state index in [0.717, 1.165) is 0 Å². The van der Waals surface area contributed by atoms with E-state index in [9.17, 15) is 0 Å². The second-order valence-corrected chi connectivity index (χ2v) is 0.687. The molecule has 0 saturated heterocycles. The average molecular weight is 93.1 g/mol. The maximum absolute atomic E-state index is 3.31. The van der Waals surface area contributed by atoms with Crippen LogP contribution in [0.25, 0.3) is 0 Å². The zero-order chi connectivity index (χ0) is 2.71. The van der Waals surface area contributed by atoms with Gasteiger partial charge in [0.05, 0.1) is 0 Å². The SMILES string of the molecule is C=[CH][Cr].[CH2]. The van der Waals surface area contributed by atoms with Crippen molar-refractivity contribution in [2.75, 3.05) is 0 Å². The summed E-state index contributed by atoms with van der Waals surface area (Å²) in [6.07, 6.45) is 0. The summed E-state index contributed by atoms with van der Waals surface area (Å²) in [5.74, 6) is 0. The van der Waals surface area contributed by atoms with Crippen LogP contribution in [0.1, 0.15) is 0 Å². The van der Waals surface area contributed by atoms with Crippen molar-refractivity contribution in [3.63, 3.8) is 0 Å². The van der Waals surface area contributed by atoms with Crippen molar-refractivity contribution in [3.05, 3.63) is 18.9 Å². The topological polar surface area (TPSA) is 0 Å². The molecule has 23 valence electrons. The second kappa shape index (κ2) is 10.4. The van der Waals surface area contributed by atoms with Crippen molar-refractivity contribution in [1.82, 2.24) is 0 Å². The van der Waals surface area contributed by atoms with Gasteiger partial charge in [0.25, 0.3) is 0 Å². The summed E-state index contributed by atoms with van der Waals surface area (Å²) >= 11 is 2.57. The summed E-state index contributed by atoms with van der Waals surface area (Å²) in [5.41, 5.74) is 0. The molecule has 0 aromatic carbocycles. The van der Waals surface area contributed by atoms with Gasteiger partial charge in [0.15, 0.2) is 0 Å². The van der Waals surface area contributed by atoms with E-state index in [1.54, 1.807) is 4.94 Å². The first-order chi connectivity index (χ1) is 1.41. The van der Waals surface area contributed by atoms with E-state index in [4.69, 9.17) is 0 Å². The molecule has 0 fully saturated rings. The molecule has 0 aliphatic rings. The zero-order valence-corrected chi connectivity index (χ0v) is 3.67. The quantitative estimate of drug-likeness (QED) is 0.419. The maximum atomic E-state index is 3.31. The molecule has 4 heavy (non-hydrogen) atoms. The molecule has 0 bridgehead atoms. The van der Waals surface area contributed by atoms with Gasteiger partial charge in [-0.05, 0) is 0 Å². The van der Waals surface area contributed by atoms with Crippen molar-refractivity contribution in [2.45, 2.75) is 0 Å². The number of rotatable bonds is 0. The molecule has 0 nitrogen and oxygen atoms in total. The minimum absolute atomic E-state index is 0. The molecular formula is C3H5Cr.